The Morgan fingerprint density at radius 1 is 0.885 bits per heavy atom. The van der Waals surface area contributed by atoms with Crippen LogP contribution in [0.5, 0.6) is 0 Å². The van der Waals surface area contributed by atoms with E-state index in [1.54, 1.807) is 0 Å². The summed E-state index contributed by atoms with van der Waals surface area (Å²) in [5.74, 6) is 1.52. The molecule has 1 fully saturated rings. The molecule has 1 aliphatic carbocycles. The number of piperidine rings is 1. The lowest BCUT2D eigenvalue weighted by atomic mass is 9.90. The zero-order chi connectivity index (χ0) is 17.6. The van der Waals surface area contributed by atoms with Crippen molar-refractivity contribution in [1.82, 2.24) is 9.88 Å². The van der Waals surface area contributed by atoms with Crippen LogP contribution in [0.3, 0.4) is 0 Å². The molecule has 1 aromatic carbocycles. The Balaban J connectivity index is 1.28. The summed E-state index contributed by atoms with van der Waals surface area (Å²) in [5, 5.41) is 0. The molecule has 0 radical (unpaired) electrons. The Morgan fingerprint density at radius 3 is 2.42 bits per heavy atom. The summed E-state index contributed by atoms with van der Waals surface area (Å²) in [6.45, 7) is 3.76. The molecule has 1 aliphatic heterocycles. The quantitative estimate of drug-likeness (QED) is 0.691. The molecule has 2 heterocycles. The van der Waals surface area contributed by atoms with Crippen LogP contribution < -0.4 is 0 Å². The highest BCUT2D eigenvalue weighted by atomic mass is 15.1. The average molecular weight is 347 g/mol. The molecule has 2 nitrogen and oxygen atoms in total. The lowest BCUT2D eigenvalue weighted by Crippen LogP contribution is -2.36. The lowest BCUT2D eigenvalue weighted by Gasteiger charge is -2.34. The van der Waals surface area contributed by atoms with Gasteiger partial charge in [0, 0.05) is 24.4 Å². The van der Waals surface area contributed by atoms with Crippen molar-refractivity contribution in [1.29, 1.82) is 0 Å². The molecule has 2 heteroatoms. The van der Waals surface area contributed by atoms with Crippen LogP contribution in [0, 0.1) is 5.92 Å². The van der Waals surface area contributed by atoms with Gasteiger partial charge in [0.25, 0.3) is 0 Å². The van der Waals surface area contributed by atoms with Crippen LogP contribution in [0.1, 0.15) is 54.8 Å². The topological polar surface area (TPSA) is 16.1 Å². The Morgan fingerprint density at radius 2 is 1.73 bits per heavy atom. The van der Waals surface area contributed by atoms with E-state index < -0.39 is 0 Å². The molecule has 4 rings (SSSR count). The minimum absolute atomic E-state index is 0.642. The molecular formula is C24H30N2. The van der Waals surface area contributed by atoms with E-state index in [1.165, 1.54) is 68.6 Å². The number of hydrogen-bond donors (Lipinski definition) is 0. The van der Waals surface area contributed by atoms with Gasteiger partial charge in [0.1, 0.15) is 0 Å². The molecule has 2 aliphatic rings. The fraction of sp³-hybridized carbons (Fsp3) is 0.458. The molecule has 2 aromatic rings. The fourth-order valence-electron chi connectivity index (χ4n) is 4.41. The summed E-state index contributed by atoms with van der Waals surface area (Å²) < 4.78 is 0. The second-order valence-electron chi connectivity index (χ2n) is 7.98. The first-order chi connectivity index (χ1) is 12.9. The normalized spacial score (nSPS) is 21.8. The minimum atomic E-state index is 0.642. The van der Waals surface area contributed by atoms with Gasteiger partial charge in [0.15, 0.2) is 0 Å². The lowest BCUT2D eigenvalue weighted by molar-refractivity contribution is 0.177. The molecule has 1 saturated heterocycles. The highest BCUT2D eigenvalue weighted by Gasteiger charge is 2.23. The van der Waals surface area contributed by atoms with Crippen molar-refractivity contribution in [3.8, 4) is 0 Å². The van der Waals surface area contributed by atoms with Crippen LogP contribution >= 0.6 is 0 Å². The van der Waals surface area contributed by atoms with Gasteiger partial charge in [0.05, 0.1) is 0 Å². The minimum Gasteiger partial charge on any atom is -0.303 e. The number of aromatic nitrogens is 1. The molecule has 136 valence electrons. The molecule has 0 amide bonds. The molecule has 0 saturated carbocycles. The zero-order valence-electron chi connectivity index (χ0n) is 15.7. The van der Waals surface area contributed by atoms with Crippen molar-refractivity contribution in [2.75, 3.05) is 19.6 Å². The van der Waals surface area contributed by atoms with Crippen molar-refractivity contribution < 1.29 is 0 Å². The largest absolute Gasteiger partial charge is 0.303 e. The summed E-state index contributed by atoms with van der Waals surface area (Å²) in [6.07, 6.45) is 14.2. The number of hydrogen-bond acceptors (Lipinski definition) is 2. The SMILES string of the molecule is C1=CCC(CN2CCC(c3ccc(Cc4ccccc4)cn3)CC2)CC1. The van der Waals surface area contributed by atoms with Crippen LogP contribution in [0.15, 0.2) is 60.8 Å². The van der Waals surface area contributed by atoms with E-state index in [1.807, 2.05) is 0 Å². The van der Waals surface area contributed by atoms with E-state index in [4.69, 9.17) is 4.98 Å². The number of allylic oxidation sites excluding steroid dienone is 2. The van der Waals surface area contributed by atoms with Gasteiger partial charge in [-0.2, -0.15) is 0 Å². The second-order valence-corrected chi connectivity index (χ2v) is 7.98. The van der Waals surface area contributed by atoms with Crippen LogP contribution in [-0.2, 0) is 6.42 Å². The molecule has 0 spiro atoms. The van der Waals surface area contributed by atoms with Crippen LogP contribution in [-0.4, -0.2) is 29.5 Å². The Labute approximate surface area is 158 Å². The first kappa shape index (κ1) is 17.5. The van der Waals surface area contributed by atoms with E-state index in [0.717, 1.165) is 12.3 Å². The predicted octanol–water partition coefficient (Wildman–Crippen LogP) is 5.21. The monoisotopic (exact) mass is 346 g/mol. The van der Waals surface area contributed by atoms with Crippen LogP contribution in [0.25, 0.3) is 0 Å². The second kappa shape index (κ2) is 8.64. The molecule has 0 bridgehead atoms. The van der Waals surface area contributed by atoms with Crippen molar-refractivity contribution in [2.45, 2.75) is 44.4 Å². The highest BCUT2D eigenvalue weighted by Crippen LogP contribution is 2.28. The summed E-state index contributed by atoms with van der Waals surface area (Å²) in [5.41, 5.74) is 3.96. The van der Waals surface area contributed by atoms with Crippen LogP contribution in [0.4, 0.5) is 0 Å². The first-order valence-corrected chi connectivity index (χ1v) is 10.2. The fourth-order valence-corrected chi connectivity index (χ4v) is 4.41. The third-order valence-corrected chi connectivity index (χ3v) is 6.00. The maximum absolute atomic E-state index is 4.81. The number of rotatable bonds is 5. The smallest absolute Gasteiger partial charge is 0.0435 e. The summed E-state index contributed by atoms with van der Waals surface area (Å²) in [6, 6.07) is 15.2. The molecule has 1 aromatic heterocycles. The Hall–Kier alpha value is -1.93. The molecule has 0 N–H and O–H groups in total. The Kier molecular flexibility index (Phi) is 5.81. The van der Waals surface area contributed by atoms with E-state index >= 15 is 0 Å². The van der Waals surface area contributed by atoms with Gasteiger partial charge in [-0.15, -0.1) is 0 Å². The maximum atomic E-state index is 4.81. The number of benzene rings is 1. The molecule has 26 heavy (non-hydrogen) atoms. The van der Waals surface area contributed by atoms with Gasteiger partial charge in [-0.1, -0.05) is 48.6 Å². The van der Waals surface area contributed by atoms with E-state index in [-0.39, 0.29) is 0 Å². The summed E-state index contributed by atoms with van der Waals surface area (Å²) in [7, 11) is 0. The molecular weight excluding hydrogens is 316 g/mol. The van der Waals surface area contributed by atoms with Crippen LogP contribution in [0.2, 0.25) is 0 Å². The Bertz CT molecular complexity index is 697. The third kappa shape index (κ3) is 4.62. The van der Waals surface area contributed by atoms with Crippen molar-refractivity contribution >= 4 is 0 Å². The highest BCUT2D eigenvalue weighted by molar-refractivity contribution is 5.25. The van der Waals surface area contributed by atoms with Gasteiger partial charge in [-0.3, -0.25) is 4.98 Å². The van der Waals surface area contributed by atoms with Gasteiger partial charge in [-0.25, -0.2) is 0 Å². The van der Waals surface area contributed by atoms with Gasteiger partial charge < -0.3 is 4.90 Å². The molecule has 1 unspecified atom stereocenters. The van der Waals surface area contributed by atoms with Crippen molar-refractivity contribution in [2.24, 2.45) is 5.92 Å². The zero-order valence-corrected chi connectivity index (χ0v) is 15.7. The van der Waals surface area contributed by atoms with Gasteiger partial charge in [-0.05, 0) is 74.7 Å². The van der Waals surface area contributed by atoms with E-state index in [9.17, 15) is 0 Å². The first-order valence-electron chi connectivity index (χ1n) is 10.2. The van der Waals surface area contributed by atoms with Crippen molar-refractivity contribution in [3.05, 3.63) is 77.6 Å². The van der Waals surface area contributed by atoms with Crippen molar-refractivity contribution in [3.63, 3.8) is 0 Å². The molecule has 1 atom stereocenters. The number of pyridine rings is 1. The standard InChI is InChI=1S/C24H30N2/c1-3-7-20(8-4-1)17-22-11-12-24(25-18-22)23-13-15-26(16-14-23)19-21-9-5-2-6-10-21/h1-5,7-8,11-12,18,21,23H,6,9-10,13-17,19H2. The predicted molar refractivity (Wildman–Crippen MR) is 108 cm³/mol. The average Bonchev–Trinajstić information content (AvgIpc) is 2.71. The third-order valence-electron chi connectivity index (χ3n) is 6.00. The number of likely N-dealkylation sites (tertiary alicyclic amines) is 1. The summed E-state index contributed by atoms with van der Waals surface area (Å²) in [4.78, 5) is 7.50. The summed E-state index contributed by atoms with van der Waals surface area (Å²) >= 11 is 0. The maximum Gasteiger partial charge on any atom is 0.0435 e. The van der Waals surface area contributed by atoms with E-state index in [0.29, 0.717) is 5.92 Å². The van der Waals surface area contributed by atoms with Gasteiger partial charge >= 0.3 is 0 Å². The van der Waals surface area contributed by atoms with Gasteiger partial charge in [0.2, 0.25) is 0 Å². The number of nitrogens with zero attached hydrogens (tertiary/aromatic N) is 2. The van der Waals surface area contributed by atoms with E-state index in [2.05, 4.69) is 65.7 Å².